The number of aliphatic hydroxyl groups is 1. The van der Waals surface area contributed by atoms with Crippen molar-refractivity contribution >= 4 is 23.2 Å². The minimum atomic E-state index is -1.06. The first kappa shape index (κ1) is 16.4. The molecule has 0 aliphatic heterocycles. The molecule has 7 heteroatoms. The Bertz CT molecular complexity index is 526. The number of carbonyl (C=O) groups is 1. The Hall–Kier alpha value is -1.66. The van der Waals surface area contributed by atoms with Crippen molar-refractivity contribution in [2.75, 3.05) is 13.1 Å². The molecule has 1 aromatic carbocycles. The SMILES string of the molecule is CCN(CC(C)(C)O)C(=O)c1cccc([N+](=O)[O-])c1Cl. The van der Waals surface area contributed by atoms with Crippen LogP contribution >= 0.6 is 11.6 Å². The maximum atomic E-state index is 12.4. The molecule has 6 nitrogen and oxygen atoms in total. The number of halogens is 1. The number of nitro groups is 1. The Kier molecular flexibility index (Phi) is 5.08. The molecule has 0 aromatic heterocycles. The summed E-state index contributed by atoms with van der Waals surface area (Å²) in [5.74, 6) is -0.441. The third-order valence-electron chi connectivity index (χ3n) is 2.65. The molecule has 0 fully saturated rings. The average molecular weight is 301 g/mol. The number of rotatable bonds is 5. The minimum Gasteiger partial charge on any atom is -0.389 e. The van der Waals surface area contributed by atoms with Crippen LogP contribution in [-0.2, 0) is 0 Å². The molecular formula is C13H17ClN2O4. The van der Waals surface area contributed by atoms with Crippen LogP contribution in [0.4, 0.5) is 5.69 Å². The van der Waals surface area contributed by atoms with E-state index in [0.717, 1.165) is 0 Å². The molecular weight excluding hydrogens is 284 g/mol. The summed E-state index contributed by atoms with van der Waals surface area (Å²) in [5, 5.41) is 20.4. The normalized spacial score (nSPS) is 11.2. The van der Waals surface area contributed by atoms with Gasteiger partial charge in [0.2, 0.25) is 0 Å². The van der Waals surface area contributed by atoms with E-state index >= 15 is 0 Å². The van der Waals surface area contributed by atoms with E-state index < -0.39 is 16.4 Å². The fourth-order valence-corrected chi connectivity index (χ4v) is 2.07. The van der Waals surface area contributed by atoms with Gasteiger partial charge in [0, 0.05) is 19.2 Å². The summed E-state index contributed by atoms with van der Waals surface area (Å²) >= 11 is 5.92. The van der Waals surface area contributed by atoms with Crippen molar-refractivity contribution in [1.82, 2.24) is 4.90 Å². The first-order chi connectivity index (χ1) is 9.17. The van der Waals surface area contributed by atoms with Gasteiger partial charge in [0.15, 0.2) is 0 Å². The van der Waals surface area contributed by atoms with Gasteiger partial charge in [-0.1, -0.05) is 17.7 Å². The molecule has 20 heavy (non-hydrogen) atoms. The molecule has 0 aliphatic carbocycles. The van der Waals surface area contributed by atoms with Crippen LogP contribution < -0.4 is 0 Å². The van der Waals surface area contributed by atoms with Crippen LogP contribution in [0.3, 0.4) is 0 Å². The maximum Gasteiger partial charge on any atom is 0.288 e. The first-order valence-corrected chi connectivity index (χ1v) is 6.49. The van der Waals surface area contributed by atoms with Crippen molar-refractivity contribution < 1.29 is 14.8 Å². The molecule has 0 spiro atoms. The highest BCUT2D eigenvalue weighted by atomic mass is 35.5. The van der Waals surface area contributed by atoms with Crippen molar-refractivity contribution in [3.05, 3.63) is 38.9 Å². The molecule has 0 radical (unpaired) electrons. The van der Waals surface area contributed by atoms with Gasteiger partial charge in [-0.3, -0.25) is 14.9 Å². The third-order valence-corrected chi connectivity index (χ3v) is 3.05. The number of carbonyl (C=O) groups excluding carboxylic acids is 1. The van der Waals surface area contributed by atoms with E-state index in [9.17, 15) is 20.0 Å². The Morgan fingerprint density at radius 1 is 1.50 bits per heavy atom. The summed E-state index contributed by atoms with van der Waals surface area (Å²) in [6.07, 6.45) is 0. The molecule has 1 rings (SSSR count). The van der Waals surface area contributed by atoms with E-state index in [2.05, 4.69) is 0 Å². The predicted molar refractivity (Wildman–Crippen MR) is 76.0 cm³/mol. The number of nitrogens with zero attached hydrogens (tertiary/aromatic N) is 2. The van der Waals surface area contributed by atoms with E-state index in [1.54, 1.807) is 20.8 Å². The zero-order valence-corrected chi connectivity index (χ0v) is 12.3. The van der Waals surface area contributed by atoms with E-state index in [1.807, 2.05) is 0 Å². The Labute approximate surface area is 122 Å². The van der Waals surface area contributed by atoms with E-state index in [1.165, 1.54) is 23.1 Å². The van der Waals surface area contributed by atoms with Gasteiger partial charge in [0.25, 0.3) is 11.6 Å². The molecule has 0 heterocycles. The molecule has 1 amide bonds. The van der Waals surface area contributed by atoms with Crippen LogP contribution in [0, 0.1) is 10.1 Å². The second-order valence-corrected chi connectivity index (χ2v) is 5.41. The highest BCUT2D eigenvalue weighted by Gasteiger charge is 2.26. The van der Waals surface area contributed by atoms with Crippen LogP contribution in [0.1, 0.15) is 31.1 Å². The van der Waals surface area contributed by atoms with Gasteiger partial charge >= 0.3 is 0 Å². The van der Waals surface area contributed by atoms with Crippen molar-refractivity contribution in [2.45, 2.75) is 26.4 Å². The maximum absolute atomic E-state index is 12.4. The zero-order chi connectivity index (χ0) is 15.5. The third kappa shape index (κ3) is 3.91. The van der Waals surface area contributed by atoms with Gasteiger partial charge in [-0.2, -0.15) is 0 Å². The molecule has 0 unspecified atom stereocenters. The summed E-state index contributed by atoms with van der Waals surface area (Å²) in [6.45, 7) is 5.40. The van der Waals surface area contributed by atoms with Crippen LogP contribution in [0.2, 0.25) is 5.02 Å². The summed E-state index contributed by atoms with van der Waals surface area (Å²) in [5.41, 5.74) is -1.30. The lowest BCUT2D eigenvalue weighted by molar-refractivity contribution is -0.384. The van der Waals surface area contributed by atoms with Crippen LogP contribution in [0.15, 0.2) is 18.2 Å². The average Bonchev–Trinajstić information content (AvgIpc) is 2.34. The second kappa shape index (κ2) is 6.19. The minimum absolute atomic E-state index is 0.0620. The van der Waals surface area contributed by atoms with Gasteiger partial charge in [-0.15, -0.1) is 0 Å². The number of amides is 1. The highest BCUT2D eigenvalue weighted by Crippen LogP contribution is 2.28. The van der Waals surface area contributed by atoms with E-state index in [-0.39, 0.29) is 22.8 Å². The topological polar surface area (TPSA) is 83.7 Å². The zero-order valence-electron chi connectivity index (χ0n) is 11.6. The molecule has 110 valence electrons. The number of benzene rings is 1. The van der Waals surface area contributed by atoms with Crippen molar-refractivity contribution in [3.63, 3.8) is 0 Å². The van der Waals surface area contributed by atoms with Crippen molar-refractivity contribution in [3.8, 4) is 0 Å². The van der Waals surface area contributed by atoms with Crippen molar-refractivity contribution in [1.29, 1.82) is 0 Å². The van der Waals surface area contributed by atoms with Gasteiger partial charge in [-0.25, -0.2) is 0 Å². The summed E-state index contributed by atoms with van der Waals surface area (Å²) < 4.78 is 0. The van der Waals surface area contributed by atoms with Crippen molar-refractivity contribution in [2.24, 2.45) is 0 Å². The van der Waals surface area contributed by atoms with Gasteiger partial charge in [-0.05, 0) is 26.8 Å². The number of hydrogen-bond donors (Lipinski definition) is 1. The Balaban J connectivity index is 3.14. The predicted octanol–water partition coefficient (Wildman–Crippen LogP) is 2.48. The van der Waals surface area contributed by atoms with Gasteiger partial charge in [0.1, 0.15) is 5.02 Å². The first-order valence-electron chi connectivity index (χ1n) is 6.12. The lowest BCUT2D eigenvalue weighted by Crippen LogP contribution is -2.42. The fraction of sp³-hybridized carbons (Fsp3) is 0.462. The molecule has 0 atom stereocenters. The highest BCUT2D eigenvalue weighted by molar-refractivity contribution is 6.35. The van der Waals surface area contributed by atoms with E-state index in [0.29, 0.717) is 6.54 Å². The molecule has 0 bridgehead atoms. The second-order valence-electron chi connectivity index (χ2n) is 5.03. The molecule has 0 aliphatic rings. The number of hydrogen-bond acceptors (Lipinski definition) is 4. The van der Waals surface area contributed by atoms with E-state index in [4.69, 9.17) is 11.6 Å². The van der Waals surface area contributed by atoms with Gasteiger partial charge in [0.05, 0.1) is 16.1 Å². The quantitative estimate of drug-likeness (QED) is 0.669. The summed E-state index contributed by atoms with van der Waals surface area (Å²) in [4.78, 5) is 23.9. The molecule has 1 N–H and O–H groups in total. The van der Waals surface area contributed by atoms with Crippen LogP contribution in [0.5, 0.6) is 0 Å². The standard InChI is InChI=1S/C13H17ClN2O4/c1-4-15(8-13(2,3)18)12(17)9-6-5-7-10(11(9)14)16(19)20/h5-7,18H,4,8H2,1-3H3. The fourth-order valence-electron chi connectivity index (χ4n) is 1.79. The Morgan fingerprint density at radius 3 is 2.55 bits per heavy atom. The van der Waals surface area contributed by atoms with Crippen LogP contribution in [-0.4, -0.2) is 39.5 Å². The number of nitro benzene ring substituents is 1. The van der Waals surface area contributed by atoms with Crippen LogP contribution in [0.25, 0.3) is 0 Å². The lowest BCUT2D eigenvalue weighted by atomic mass is 10.1. The number of likely N-dealkylation sites (N-methyl/N-ethyl adjacent to an activating group) is 1. The summed E-state index contributed by atoms with van der Waals surface area (Å²) in [6, 6.07) is 4.09. The lowest BCUT2D eigenvalue weighted by Gasteiger charge is -2.28. The molecule has 1 aromatic rings. The van der Waals surface area contributed by atoms with Gasteiger partial charge < -0.3 is 10.0 Å². The Morgan fingerprint density at radius 2 is 2.10 bits per heavy atom. The summed E-state index contributed by atoms with van der Waals surface area (Å²) in [7, 11) is 0. The molecule has 0 saturated heterocycles. The largest absolute Gasteiger partial charge is 0.389 e. The molecule has 0 saturated carbocycles. The smallest absolute Gasteiger partial charge is 0.288 e. The monoisotopic (exact) mass is 300 g/mol.